The molecule has 1 fully saturated rings. The van der Waals surface area contributed by atoms with Gasteiger partial charge in [0.15, 0.2) is 0 Å². The van der Waals surface area contributed by atoms with E-state index in [1.54, 1.807) is 0 Å². The molecule has 0 aliphatic carbocycles. The third-order valence-electron chi connectivity index (χ3n) is 3.17. The number of hydrogen-bond donors (Lipinski definition) is 1. The standard InChI is InChI=1S/C15H17NO2/c1-2-4-13-9-14(6-5-12(13)3-1)16-10-15-11-17-7-8-18-15/h1-6,9,15-16H,7-8,10-11H2. The summed E-state index contributed by atoms with van der Waals surface area (Å²) in [6.45, 7) is 2.88. The van der Waals surface area contributed by atoms with Crippen LogP contribution in [0.5, 0.6) is 0 Å². The van der Waals surface area contributed by atoms with Crippen molar-refractivity contribution in [3.8, 4) is 0 Å². The highest BCUT2D eigenvalue weighted by atomic mass is 16.6. The van der Waals surface area contributed by atoms with Gasteiger partial charge in [-0.15, -0.1) is 0 Å². The Balaban J connectivity index is 1.66. The number of fused-ring (bicyclic) bond motifs is 1. The van der Waals surface area contributed by atoms with Crippen LogP contribution in [0, 0.1) is 0 Å². The molecular weight excluding hydrogens is 226 g/mol. The second-order valence-electron chi connectivity index (χ2n) is 4.51. The van der Waals surface area contributed by atoms with E-state index in [4.69, 9.17) is 9.47 Å². The molecule has 1 aliphatic heterocycles. The Labute approximate surface area is 107 Å². The van der Waals surface area contributed by atoms with E-state index in [-0.39, 0.29) is 6.10 Å². The minimum absolute atomic E-state index is 0.158. The van der Waals surface area contributed by atoms with Crippen molar-refractivity contribution in [3.05, 3.63) is 42.5 Å². The van der Waals surface area contributed by atoms with Gasteiger partial charge in [-0.3, -0.25) is 0 Å². The van der Waals surface area contributed by atoms with E-state index in [2.05, 4.69) is 47.8 Å². The van der Waals surface area contributed by atoms with Crippen molar-refractivity contribution >= 4 is 16.5 Å². The Morgan fingerprint density at radius 2 is 1.94 bits per heavy atom. The zero-order valence-corrected chi connectivity index (χ0v) is 10.3. The average molecular weight is 243 g/mol. The fraction of sp³-hybridized carbons (Fsp3) is 0.333. The Hall–Kier alpha value is -1.58. The van der Waals surface area contributed by atoms with Crippen LogP contribution in [0.3, 0.4) is 0 Å². The molecule has 0 radical (unpaired) electrons. The molecule has 0 aromatic heterocycles. The third kappa shape index (κ3) is 2.63. The molecule has 0 saturated carbocycles. The Bertz CT molecular complexity index is 521. The van der Waals surface area contributed by atoms with E-state index in [0.717, 1.165) is 12.2 Å². The SMILES string of the molecule is c1ccc2cc(NCC3COCCO3)ccc2c1. The van der Waals surface area contributed by atoms with Gasteiger partial charge in [-0.25, -0.2) is 0 Å². The molecule has 1 unspecified atom stereocenters. The van der Waals surface area contributed by atoms with Crippen molar-refractivity contribution in [2.75, 3.05) is 31.7 Å². The smallest absolute Gasteiger partial charge is 0.0981 e. The van der Waals surface area contributed by atoms with Crippen LogP contribution < -0.4 is 5.32 Å². The first-order valence-electron chi connectivity index (χ1n) is 6.34. The summed E-state index contributed by atoms with van der Waals surface area (Å²) in [5.41, 5.74) is 1.13. The van der Waals surface area contributed by atoms with E-state index >= 15 is 0 Å². The van der Waals surface area contributed by atoms with Gasteiger partial charge in [0.1, 0.15) is 0 Å². The lowest BCUT2D eigenvalue weighted by atomic mass is 10.1. The molecule has 2 aromatic carbocycles. The summed E-state index contributed by atoms with van der Waals surface area (Å²) in [6, 6.07) is 14.8. The first kappa shape index (κ1) is 11.5. The second-order valence-corrected chi connectivity index (χ2v) is 4.51. The molecule has 3 heteroatoms. The summed E-state index contributed by atoms with van der Waals surface area (Å²) in [5, 5.41) is 5.92. The molecule has 1 saturated heterocycles. The molecule has 0 bridgehead atoms. The van der Waals surface area contributed by atoms with Gasteiger partial charge < -0.3 is 14.8 Å². The van der Waals surface area contributed by atoms with E-state index in [9.17, 15) is 0 Å². The zero-order chi connectivity index (χ0) is 12.2. The number of nitrogens with one attached hydrogen (secondary N) is 1. The maximum Gasteiger partial charge on any atom is 0.0981 e. The summed E-state index contributed by atoms with van der Waals surface area (Å²) >= 11 is 0. The maximum atomic E-state index is 5.60. The molecular formula is C15H17NO2. The molecule has 0 amide bonds. The summed E-state index contributed by atoms with van der Waals surface area (Å²) in [5.74, 6) is 0. The minimum atomic E-state index is 0.158. The first-order valence-corrected chi connectivity index (χ1v) is 6.34. The third-order valence-corrected chi connectivity index (χ3v) is 3.17. The molecule has 1 N–H and O–H groups in total. The molecule has 3 rings (SSSR count). The van der Waals surface area contributed by atoms with Crippen molar-refractivity contribution in [1.82, 2.24) is 0 Å². The second kappa shape index (κ2) is 5.38. The quantitative estimate of drug-likeness (QED) is 0.899. The van der Waals surface area contributed by atoms with Gasteiger partial charge >= 0.3 is 0 Å². The van der Waals surface area contributed by atoms with E-state index in [1.807, 2.05) is 0 Å². The van der Waals surface area contributed by atoms with Crippen molar-refractivity contribution in [2.45, 2.75) is 6.10 Å². The number of rotatable bonds is 3. The molecule has 94 valence electrons. The highest BCUT2D eigenvalue weighted by Crippen LogP contribution is 2.19. The lowest BCUT2D eigenvalue weighted by molar-refractivity contribution is -0.0818. The summed E-state index contributed by atoms with van der Waals surface area (Å²) < 4.78 is 11.0. The van der Waals surface area contributed by atoms with E-state index < -0.39 is 0 Å². The van der Waals surface area contributed by atoms with Gasteiger partial charge in [-0.2, -0.15) is 0 Å². The molecule has 2 aromatic rings. The number of benzene rings is 2. The van der Waals surface area contributed by atoms with Gasteiger partial charge in [-0.1, -0.05) is 30.3 Å². The molecule has 1 aliphatic rings. The number of hydrogen-bond acceptors (Lipinski definition) is 3. The predicted molar refractivity (Wildman–Crippen MR) is 73.0 cm³/mol. The van der Waals surface area contributed by atoms with Crippen molar-refractivity contribution in [2.24, 2.45) is 0 Å². The van der Waals surface area contributed by atoms with Crippen LogP contribution in [-0.2, 0) is 9.47 Å². The van der Waals surface area contributed by atoms with Crippen LogP contribution in [0.25, 0.3) is 10.8 Å². The largest absolute Gasteiger partial charge is 0.382 e. The van der Waals surface area contributed by atoms with Gasteiger partial charge in [-0.05, 0) is 22.9 Å². The van der Waals surface area contributed by atoms with Crippen LogP contribution in [0.4, 0.5) is 5.69 Å². The van der Waals surface area contributed by atoms with Crippen LogP contribution >= 0.6 is 0 Å². The molecule has 0 spiro atoms. The van der Waals surface area contributed by atoms with Crippen LogP contribution in [-0.4, -0.2) is 32.5 Å². The van der Waals surface area contributed by atoms with E-state index in [0.29, 0.717) is 19.8 Å². The lowest BCUT2D eigenvalue weighted by Gasteiger charge is -2.23. The van der Waals surface area contributed by atoms with Gasteiger partial charge in [0.25, 0.3) is 0 Å². The van der Waals surface area contributed by atoms with E-state index in [1.165, 1.54) is 10.8 Å². The zero-order valence-electron chi connectivity index (χ0n) is 10.3. The lowest BCUT2D eigenvalue weighted by Crippen LogP contribution is -2.34. The molecule has 3 nitrogen and oxygen atoms in total. The monoisotopic (exact) mass is 243 g/mol. The Morgan fingerprint density at radius 1 is 1.06 bits per heavy atom. The van der Waals surface area contributed by atoms with Gasteiger partial charge in [0.05, 0.1) is 25.9 Å². The van der Waals surface area contributed by atoms with Gasteiger partial charge in [0, 0.05) is 12.2 Å². The molecule has 1 heterocycles. The van der Waals surface area contributed by atoms with Crippen molar-refractivity contribution in [3.63, 3.8) is 0 Å². The van der Waals surface area contributed by atoms with Crippen LogP contribution in [0.15, 0.2) is 42.5 Å². The Morgan fingerprint density at radius 3 is 2.78 bits per heavy atom. The fourth-order valence-electron chi connectivity index (χ4n) is 2.19. The number of ether oxygens (including phenoxy) is 2. The Kier molecular flexibility index (Phi) is 3.44. The summed E-state index contributed by atoms with van der Waals surface area (Å²) in [6.07, 6.45) is 0.158. The van der Waals surface area contributed by atoms with Crippen molar-refractivity contribution < 1.29 is 9.47 Å². The summed E-state index contributed by atoms with van der Waals surface area (Å²) in [7, 11) is 0. The normalized spacial score (nSPS) is 19.9. The molecule has 1 atom stereocenters. The summed E-state index contributed by atoms with van der Waals surface area (Å²) in [4.78, 5) is 0. The van der Waals surface area contributed by atoms with Crippen LogP contribution in [0.1, 0.15) is 0 Å². The maximum absolute atomic E-state index is 5.60. The fourth-order valence-corrected chi connectivity index (χ4v) is 2.19. The number of anilines is 1. The van der Waals surface area contributed by atoms with Crippen molar-refractivity contribution in [1.29, 1.82) is 0 Å². The molecule has 18 heavy (non-hydrogen) atoms. The highest BCUT2D eigenvalue weighted by Gasteiger charge is 2.13. The topological polar surface area (TPSA) is 30.5 Å². The van der Waals surface area contributed by atoms with Crippen LogP contribution in [0.2, 0.25) is 0 Å². The first-order chi connectivity index (χ1) is 8.92. The minimum Gasteiger partial charge on any atom is -0.382 e. The highest BCUT2D eigenvalue weighted by molar-refractivity contribution is 5.85. The van der Waals surface area contributed by atoms with Gasteiger partial charge in [0.2, 0.25) is 0 Å². The average Bonchev–Trinajstić information content (AvgIpc) is 2.46. The predicted octanol–water partition coefficient (Wildman–Crippen LogP) is 2.67.